The average Bonchev–Trinajstić information content (AvgIpc) is 2.89. The highest BCUT2D eigenvalue weighted by molar-refractivity contribution is 6.11. The summed E-state index contributed by atoms with van der Waals surface area (Å²) >= 11 is 0. The van der Waals surface area contributed by atoms with Crippen LogP contribution < -0.4 is 0 Å². The Balaban J connectivity index is 2.08. The Hall–Kier alpha value is -2.93. The van der Waals surface area contributed by atoms with Gasteiger partial charge in [-0.3, -0.25) is 0 Å². The lowest BCUT2D eigenvalue weighted by molar-refractivity contribution is 1.28. The fraction of sp³-hybridized carbons (Fsp3) is 0. The molecule has 0 unspecified atom stereocenters. The lowest BCUT2D eigenvalue weighted by atomic mass is 10.3. The molecule has 0 atom stereocenters. The minimum atomic E-state index is 0.280. The molecule has 0 saturated carbocycles. The van der Waals surface area contributed by atoms with E-state index in [4.69, 9.17) is 0 Å². The van der Waals surface area contributed by atoms with Crippen molar-refractivity contribution in [3.63, 3.8) is 0 Å². The van der Waals surface area contributed by atoms with E-state index in [1.807, 2.05) is 54.6 Å². The first kappa shape index (κ1) is 11.2. The van der Waals surface area contributed by atoms with Gasteiger partial charge in [-0.1, -0.05) is 30.3 Å². The fourth-order valence-corrected chi connectivity index (χ4v) is 1.83. The van der Waals surface area contributed by atoms with Crippen LogP contribution >= 0.6 is 0 Å². The van der Waals surface area contributed by atoms with Gasteiger partial charge in [0, 0.05) is 0 Å². The molecule has 0 amide bonds. The Labute approximate surface area is 110 Å². The summed E-state index contributed by atoms with van der Waals surface area (Å²) in [7, 11) is 0. The minimum absolute atomic E-state index is 0.280. The Morgan fingerprint density at radius 2 is 1.79 bits per heavy atom. The van der Waals surface area contributed by atoms with Crippen LogP contribution in [0.2, 0.25) is 0 Å². The highest BCUT2D eigenvalue weighted by Crippen LogP contribution is 2.14. The van der Waals surface area contributed by atoms with Crippen molar-refractivity contribution in [1.82, 2.24) is 9.97 Å². The minimum Gasteiger partial charge on any atom is -0.336 e. The molecule has 3 aromatic rings. The van der Waals surface area contributed by atoms with Crippen LogP contribution in [0.25, 0.3) is 11.0 Å². The number of aromatic amines is 1. The largest absolute Gasteiger partial charge is 0.336 e. The third-order valence-corrected chi connectivity index (χ3v) is 2.72. The second-order valence-electron chi connectivity index (χ2n) is 4.01. The predicted octanol–water partition coefficient (Wildman–Crippen LogP) is 3.21. The number of rotatable bonds is 2. The van der Waals surface area contributed by atoms with E-state index < -0.39 is 0 Å². The van der Waals surface area contributed by atoms with E-state index in [1.54, 1.807) is 0 Å². The number of H-pyrrole nitrogens is 1. The molecule has 0 saturated heterocycles. The molecule has 0 aliphatic carbocycles. The van der Waals surface area contributed by atoms with E-state index in [9.17, 15) is 5.26 Å². The summed E-state index contributed by atoms with van der Waals surface area (Å²) in [6.45, 7) is 0. The first-order valence-electron chi connectivity index (χ1n) is 5.86. The molecular formula is C15H10N4. The maximum atomic E-state index is 9.23. The lowest BCUT2D eigenvalue weighted by Crippen LogP contribution is -1.99. The van der Waals surface area contributed by atoms with Gasteiger partial charge in [0.05, 0.1) is 16.7 Å². The van der Waals surface area contributed by atoms with Crippen molar-refractivity contribution >= 4 is 22.4 Å². The summed E-state index contributed by atoms with van der Waals surface area (Å²) in [5.74, 6) is 0.493. The number of para-hydroxylation sites is 3. The number of fused-ring (bicyclic) bond motifs is 1. The number of aromatic nitrogens is 2. The van der Waals surface area contributed by atoms with E-state index in [-0.39, 0.29) is 5.71 Å². The number of benzene rings is 2. The molecule has 3 rings (SSSR count). The molecule has 0 aliphatic rings. The second-order valence-corrected chi connectivity index (χ2v) is 4.01. The molecule has 4 nitrogen and oxygen atoms in total. The van der Waals surface area contributed by atoms with Crippen molar-refractivity contribution in [3.8, 4) is 6.07 Å². The Morgan fingerprint density at radius 3 is 2.53 bits per heavy atom. The number of hydrogen-bond acceptors (Lipinski definition) is 3. The topological polar surface area (TPSA) is 64.8 Å². The van der Waals surface area contributed by atoms with Gasteiger partial charge >= 0.3 is 0 Å². The molecule has 19 heavy (non-hydrogen) atoms. The smallest absolute Gasteiger partial charge is 0.183 e. The monoisotopic (exact) mass is 246 g/mol. The van der Waals surface area contributed by atoms with Gasteiger partial charge in [0.2, 0.25) is 0 Å². The van der Waals surface area contributed by atoms with Crippen molar-refractivity contribution in [2.45, 2.75) is 0 Å². The van der Waals surface area contributed by atoms with Gasteiger partial charge in [0.15, 0.2) is 11.5 Å². The van der Waals surface area contributed by atoms with Crippen LogP contribution in [0.1, 0.15) is 5.82 Å². The highest BCUT2D eigenvalue weighted by Gasteiger charge is 2.08. The first-order chi connectivity index (χ1) is 9.36. The summed E-state index contributed by atoms with van der Waals surface area (Å²) in [6.07, 6.45) is 0. The highest BCUT2D eigenvalue weighted by atomic mass is 14.9. The molecule has 1 aromatic heterocycles. The van der Waals surface area contributed by atoms with Crippen LogP contribution in [0, 0.1) is 11.3 Å². The molecule has 90 valence electrons. The van der Waals surface area contributed by atoms with Gasteiger partial charge < -0.3 is 4.98 Å². The normalized spacial score (nSPS) is 11.4. The van der Waals surface area contributed by atoms with Gasteiger partial charge in [-0.25, -0.2) is 9.98 Å². The number of aliphatic imine (C=N–C) groups is 1. The van der Waals surface area contributed by atoms with Crippen molar-refractivity contribution in [3.05, 3.63) is 60.4 Å². The van der Waals surface area contributed by atoms with Crippen LogP contribution in [0.5, 0.6) is 0 Å². The third-order valence-electron chi connectivity index (χ3n) is 2.72. The number of hydrogen-bond donors (Lipinski definition) is 1. The molecule has 2 aromatic carbocycles. The molecule has 0 fully saturated rings. The maximum absolute atomic E-state index is 9.23. The molecule has 1 N–H and O–H groups in total. The quantitative estimate of drug-likeness (QED) is 0.705. The second kappa shape index (κ2) is 4.75. The van der Waals surface area contributed by atoms with Crippen molar-refractivity contribution in [2.24, 2.45) is 4.99 Å². The molecule has 0 aliphatic heterocycles. The van der Waals surface area contributed by atoms with E-state index in [0.29, 0.717) is 5.82 Å². The van der Waals surface area contributed by atoms with Crippen LogP contribution in [0.3, 0.4) is 0 Å². The van der Waals surface area contributed by atoms with E-state index in [2.05, 4.69) is 21.0 Å². The molecule has 0 radical (unpaired) electrons. The van der Waals surface area contributed by atoms with E-state index in [1.165, 1.54) is 0 Å². The zero-order valence-electron chi connectivity index (χ0n) is 10.0. The third kappa shape index (κ3) is 2.22. The zero-order chi connectivity index (χ0) is 13.1. The zero-order valence-corrected chi connectivity index (χ0v) is 10.0. The summed E-state index contributed by atoms with van der Waals surface area (Å²) in [4.78, 5) is 11.8. The number of nitriles is 1. The maximum Gasteiger partial charge on any atom is 0.183 e. The molecule has 1 heterocycles. The Bertz CT molecular complexity index is 746. The SMILES string of the molecule is N#CC(=Nc1ccccc1)c1nc2ccccc2[nH]1. The summed E-state index contributed by atoms with van der Waals surface area (Å²) in [5, 5.41) is 9.23. The summed E-state index contributed by atoms with van der Waals surface area (Å²) in [5.41, 5.74) is 2.74. The van der Waals surface area contributed by atoms with Crippen LogP contribution in [0.15, 0.2) is 59.6 Å². The average molecular weight is 246 g/mol. The van der Waals surface area contributed by atoms with Crippen molar-refractivity contribution in [1.29, 1.82) is 5.26 Å². The lowest BCUT2D eigenvalue weighted by Gasteiger charge is -1.94. The van der Waals surface area contributed by atoms with Crippen LogP contribution in [-0.2, 0) is 0 Å². The van der Waals surface area contributed by atoms with Gasteiger partial charge in [0.1, 0.15) is 6.07 Å². The number of nitrogens with zero attached hydrogens (tertiary/aromatic N) is 3. The van der Waals surface area contributed by atoms with Crippen LogP contribution in [0.4, 0.5) is 5.69 Å². The Morgan fingerprint density at radius 1 is 1.05 bits per heavy atom. The summed E-state index contributed by atoms with van der Waals surface area (Å²) < 4.78 is 0. The van der Waals surface area contributed by atoms with Crippen molar-refractivity contribution < 1.29 is 0 Å². The Kier molecular flexibility index (Phi) is 2.79. The van der Waals surface area contributed by atoms with E-state index >= 15 is 0 Å². The summed E-state index contributed by atoms with van der Waals surface area (Å²) in [6, 6.07) is 19.1. The fourth-order valence-electron chi connectivity index (χ4n) is 1.83. The van der Waals surface area contributed by atoms with Gasteiger partial charge in [-0.15, -0.1) is 0 Å². The number of imidazole rings is 1. The standard InChI is InChI=1S/C15H10N4/c16-10-14(17-11-6-2-1-3-7-11)15-18-12-8-4-5-9-13(12)19-15/h1-9H,(H,18,19). The molecule has 4 heteroatoms. The van der Waals surface area contributed by atoms with Gasteiger partial charge in [0.25, 0.3) is 0 Å². The molecular weight excluding hydrogens is 236 g/mol. The van der Waals surface area contributed by atoms with Crippen LogP contribution in [-0.4, -0.2) is 15.7 Å². The number of nitrogens with one attached hydrogen (secondary N) is 1. The van der Waals surface area contributed by atoms with Gasteiger partial charge in [-0.2, -0.15) is 5.26 Å². The first-order valence-corrected chi connectivity index (χ1v) is 5.86. The van der Waals surface area contributed by atoms with Gasteiger partial charge in [-0.05, 0) is 24.3 Å². The molecule has 0 bridgehead atoms. The van der Waals surface area contributed by atoms with E-state index in [0.717, 1.165) is 16.7 Å². The van der Waals surface area contributed by atoms with Crippen molar-refractivity contribution in [2.75, 3.05) is 0 Å². The molecule has 0 spiro atoms. The predicted molar refractivity (Wildman–Crippen MR) is 74.3 cm³/mol.